The Labute approximate surface area is 170 Å². The number of benzene rings is 3. The molecule has 0 saturated carbocycles. The Morgan fingerprint density at radius 2 is 1.69 bits per heavy atom. The summed E-state index contributed by atoms with van der Waals surface area (Å²) in [6.07, 6.45) is 2.23. The molecule has 0 fully saturated rings. The molecule has 2 nitrogen and oxygen atoms in total. The fourth-order valence-electron chi connectivity index (χ4n) is 5.23. The maximum absolute atomic E-state index is 2.49. The van der Waals surface area contributed by atoms with Crippen LogP contribution in [0.3, 0.4) is 0 Å². The molecule has 6 rings (SSSR count). The molecule has 29 heavy (non-hydrogen) atoms. The third-order valence-corrected chi connectivity index (χ3v) is 6.88. The Morgan fingerprint density at radius 1 is 0.862 bits per heavy atom. The Hall–Kier alpha value is -3.13. The van der Waals surface area contributed by atoms with Gasteiger partial charge in [-0.25, -0.2) is 0 Å². The van der Waals surface area contributed by atoms with Gasteiger partial charge in [-0.05, 0) is 60.0 Å². The van der Waals surface area contributed by atoms with E-state index in [-0.39, 0.29) is 0 Å². The normalized spacial score (nSPS) is 12.6. The molecule has 0 aliphatic heterocycles. The van der Waals surface area contributed by atoms with E-state index >= 15 is 0 Å². The third kappa shape index (κ3) is 1.99. The molecule has 0 bridgehead atoms. The molecular weight excluding hydrogens is 352 g/mol. The van der Waals surface area contributed by atoms with E-state index in [2.05, 4.69) is 98.4 Å². The summed E-state index contributed by atoms with van der Waals surface area (Å²) in [7, 11) is 2.18. The number of pyridine rings is 2. The van der Waals surface area contributed by atoms with Gasteiger partial charge in [0.2, 0.25) is 5.52 Å². The van der Waals surface area contributed by atoms with Crippen LogP contribution >= 0.6 is 0 Å². The van der Waals surface area contributed by atoms with Crippen molar-refractivity contribution in [3.05, 3.63) is 71.4 Å². The summed E-state index contributed by atoms with van der Waals surface area (Å²) in [5.74, 6) is 0.521. The van der Waals surface area contributed by atoms with Gasteiger partial charge in [-0.15, -0.1) is 0 Å². The SMILES string of the molecule is Cc1cc2cccc3c2c(c1C)c1c2c(cc[n+]1C)c1cc(C(C)C)ccc1n32. The molecule has 0 saturated heterocycles. The average Bonchev–Trinajstić information content (AvgIpc) is 3.04. The van der Waals surface area contributed by atoms with Gasteiger partial charge in [-0.1, -0.05) is 38.1 Å². The van der Waals surface area contributed by atoms with Crippen molar-refractivity contribution < 1.29 is 4.57 Å². The highest BCUT2D eigenvalue weighted by Crippen LogP contribution is 2.41. The second-order valence-corrected chi connectivity index (χ2v) is 8.87. The lowest BCUT2D eigenvalue weighted by atomic mass is 9.94. The quantitative estimate of drug-likeness (QED) is 0.174. The van der Waals surface area contributed by atoms with E-state index in [1.165, 1.54) is 65.7 Å². The average molecular weight is 378 g/mol. The van der Waals surface area contributed by atoms with Crippen molar-refractivity contribution in [2.45, 2.75) is 33.6 Å². The Bertz CT molecular complexity index is 1600. The summed E-state index contributed by atoms with van der Waals surface area (Å²) >= 11 is 0. The second-order valence-electron chi connectivity index (χ2n) is 8.87. The number of aromatic nitrogens is 2. The fourth-order valence-corrected chi connectivity index (χ4v) is 5.23. The zero-order valence-electron chi connectivity index (χ0n) is 17.7. The summed E-state index contributed by atoms with van der Waals surface area (Å²) in [5.41, 5.74) is 9.40. The molecule has 3 heterocycles. The van der Waals surface area contributed by atoms with Gasteiger partial charge < -0.3 is 4.40 Å². The van der Waals surface area contributed by atoms with Crippen LogP contribution in [0.2, 0.25) is 0 Å². The minimum atomic E-state index is 0.521. The summed E-state index contributed by atoms with van der Waals surface area (Å²) < 4.78 is 4.80. The topological polar surface area (TPSA) is 8.29 Å². The molecule has 0 aliphatic rings. The second kappa shape index (κ2) is 5.48. The molecule has 0 unspecified atom stereocenters. The van der Waals surface area contributed by atoms with Gasteiger partial charge in [0.25, 0.3) is 0 Å². The van der Waals surface area contributed by atoms with Crippen LogP contribution in [-0.4, -0.2) is 4.40 Å². The van der Waals surface area contributed by atoms with Gasteiger partial charge in [0, 0.05) is 22.2 Å². The van der Waals surface area contributed by atoms with Gasteiger partial charge in [0.05, 0.1) is 16.4 Å². The molecule has 6 aromatic rings. The molecule has 0 spiro atoms. The third-order valence-electron chi connectivity index (χ3n) is 6.88. The Morgan fingerprint density at radius 3 is 2.48 bits per heavy atom. The van der Waals surface area contributed by atoms with Gasteiger partial charge in [0.1, 0.15) is 12.6 Å². The first kappa shape index (κ1) is 16.8. The minimum Gasteiger partial charge on any atom is -0.303 e. The van der Waals surface area contributed by atoms with Crippen molar-refractivity contribution in [1.82, 2.24) is 4.40 Å². The van der Waals surface area contributed by atoms with Gasteiger partial charge in [0.15, 0.2) is 6.20 Å². The van der Waals surface area contributed by atoms with Crippen molar-refractivity contribution in [2.75, 3.05) is 0 Å². The highest BCUT2D eigenvalue weighted by molar-refractivity contribution is 6.25. The Balaban J connectivity index is 2.04. The van der Waals surface area contributed by atoms with E-state index in [1.807, 2.05) is 0 Å². The number of rotatable bonds is 1. The lowest BCUT2D eigenvalue weighted by molar-refractivity contribution is -0.644. The highest BCUT2D eigenvalue weighted by atomic mass is 15.0. The molecule has 3 aromatic carbocycles. The minimum absolute atomic E-state index is 0.521. The van der Waals surface area contributed by atoms with E-state index in [1.54, 1.807) is 0 Å². The van der Waals surface area contributed by atoms with Crippen molar-refractivity contribution >= 4 is 49.0 Å². The first-order valence-electron chi connectivity index (χ1n) is 10.5. The summed E-state index contributed by atoms with van der Waals surface area (Å²) in [5, 5.41) is 6.79. The van der Waals surface area contributed by atoms with Gasteiger partial charge in [-0.3, -0.25) is 0 Å². The van der Waals surface area contributed by atoms with Crippen LogP contribution in [0.15, 0.2) is 54.7 Å². The Kier molecular flexibility index (Phi) is 3.17. The maximum atomic E-state index is 2.49. The molecule has 3 aromatic heterocycles. The predicted octanol–water partition coefficient (Wildman–Crippen LogP) is 6.55. The summed E-state index contributed by atoms with van der Waals surface area (Å²) in [6, 6.07) is 18.4. The molecule has 0 aliphatic carbocycles. The summed E-state index contributed by atoms with van der Waals surface area (Å²) in [4.78, 5) is 0. The van der Waals surface area contributed by atoms with E-state index in [0.29, 0.717) is 5.92 Å². The summed E-state index contributed by atoms with van der Waals surface area (Å²) in [6.45, 7) is 9.05. The smallest absolute Gasteiger partial charge is 0.238 e. The molecule has 0 radical (unpaired) electrons. The standard InChI is InChI=1S/C27H25N2/c1-15(2)18-9-10-22-21(14-18)20-11-12-28(5)27-24-17(4)16(3)13-19-7-6-8-23(25(19)24)29(22)26(20)27/h6-15H,1-5H3/q+1. The number of hydrogen-bond donors (Lipinski definition) is 0. The van der Waals surface area contributed by atoms with E-state index < -0.39 is 0 Å². The van der Waals surface area contributed by atoms with Crippen LogP contribution in [0, 0.1) is 13.8 Å². The van der Waals surface area contributed by atoms with Gasteiger partial charge in [-0.2, -0.15) is 4.57 Å². The lowest BCUT2D eigenvalue weighted by Gasteiger charge is -2.14. The van der Waals surface area contributed by atoms with Crippen molar-refractivity contribution in [3.8, 4) is 0 Å². The first-order chi connectivity index (χ1) is 14.0. The van der Waals surface area contributed by atoms with Crippen molar-refractivity contribution in [1.29, 1.82) is 0 Å². The van der Waals surface area contributed by atoms with Crippen molar-refractivity contribution in [2.24, 2.45) is 7.05 Å². The number of hydrogen-bond acceptors (Lipinski definition) is 0. The molecule has 0 N–H and O–H groups in total. The van der Waals surface area contributed by atoms with Crippen LogP contribution in [0.5, 0.6) is 0 Å². The molecule has 142 valence electrons. The van der Waals surface area contributed by atoms with Crippen LogP contribution in [0.1, 0.15) is 36.5 Å². The van der Waals surface area contributed by atoms with E-state index in [9.17, 15) is 0 Å². The largest absolute Gasteiger partial charge is 0.303 e. The number of aryl methyl sites for hydroxylation is 3. The number of nitrogens with zero attached hydrogens (tertiary/aromatic N) is 2. The van der Waals surface area contributed by atoms with Crippen LogP contribution in [-0.2, 0) is 7.05 Å². The van der Waals surface area contributed by atoms with E-state index in [0.717, 1.165) is 0 Å². The molecule has 0 atom stereocenters. The lowest BCUT2D eigenvalue weighted by Crippen LogP contribution is -2.29. The van der Waals surface area contributed by atoms with Gasteiger partial charge >= 0.3 is 0 Å². The number of fused-ring (bicyclic) bond motifs is 5. The molecular formula is C27H25N2+. The predicted molar refractivity (Wildman–Crippen MR) is 123 cm³/mol. The molecule has 2 heteroatoms. The monoisotopic (exact) mass is 377 g/mol. The van der Waals surface area contributed by atoms with E-state index in [4.69, 9.17) is 0 Å². The maximum Gasteiger partial charge on any atom is 0.238 e. The molecule has 0 amide bonds. The van der Waals surface area contributed by atoms with Crippen molar-refractivity contribution in [3.63, 3.8) is 0 Å². The first-order valence-corrected chi connectivity index (χ1v) is 10.5. The highest BCUT2D eigenvalue weighted by Gasteiger charge is 2.24. The van der Waals surface area contributed by atoms with Crippen LogP contribution in [0.4, 0.5) is 0 Å². The fraction of sp³-hybridized carbons (Fsp3) is 0.222. The zero-order valence-corrected chi connectivity index (χ0v) is 17.7. The van der Waals surface area contributed by atoms with Crippen LogP contribution < -0.4 is 4.57 Å². The zero-order chi connectivity index (χ0) is 20.0. The van der Waals surface area contributed by atoms with Crippen LogP contribution in [0.25, 0.3) is 49.0 Å².